The van der Waals surface area contributed by atoms with Gasteiger partial charge in [0.25, 0.3) is 5.91 Å². The molecule has 1 unspecified atom stereocenters. The molecule has 1 aliphatic rings. The highest BCUT2D eigenvalue weighted by Crippen LogP contribution is 2.38. The Kier molecular flexibility index (Phi) is 5.02. The molecule has 12 heteroatoms. The number of alkyl halides is 3. The number of hydrogen-bond acceptors (Lipinski definition) is 5. The van der Waals surface area contributed by atoms with Crippen molar-refractivity contribution in [3.8, 4) is 6.07 Å². The van der Waals surface area contributed by atoms with Crippen molar-refractivity contribution >= 4 is 38.9 Å². The van der Waals surface area contributed by atoms with Gasteiger partial charge >= 0.3 is 6.18 Å². The Morgan fingerprint density at radius 1 is 1.33 bits per heavy atom. The number of anilines is 1. The van der Waals surface area contributed by atoms with Crippen LogP contribution >= 0.6 is 12.2 Å². The number of nitriles is 1. The minimum absolute atomic E-state index is 0.228. The highest BCUT2D eigenvalue weighted by molar-refractivity contribution is 7.89. The van der Waals surface area contributed by atoms with Gasteiger partial charge in [0.05, 0.1) is 22.9 Å². The van der Waals surface area contributed by atoms with E-state index in [1.54, 1.807) is 0 Å². The number of primary sulfonamides is 1. The molecule has 0 saturated carbocycles. The van der Waals surface area contributed by atoms with Crippen LogP contribution in [0.25, 0.3) is 0 Å². The second-order valence-corrected chi connectivity index (χ2v) is 8.61. The highest BCUT2D eigenvalue weighted by atomic mass is 32.2. The first kappa shape index (κ1) is 21.1. The molecule has 0 bridgehead atoms. The number of rotatable bonds is 3. The fourth-order valence-corrected chi connectivity index (χ4v) is 4.10. The van der Waals surface area contributed by atoms with Crippen LogP contribution in [0.15, 0.2) is 18.2 Å². The molecule has 0 spiro atoms. The van der Waals surface area contributed by atoms with Crippen LogP contribution < -0.4 is 10.0 Å². The van der Waals surface area contributed by atoms with E-state index in [1.165, 1.54) is 26.8 Å². The summed E-state index contributed by atoms with van der Waals surface area (Å²) in [6, 6.07) is 4.13. The van der Waals surface area contributed by atoms with Gasteiger partial charge in [0.2, 0.25) is 10.0 Å². The Balaban J connectivity index is 2.63. The third kappa shape index (κ3) is 3.50. The number of sulfonamides is 1. The Labute approximate surface area is 159 Å². The number of thiocarbonyl (C=S) groups is 1. The van der Waals surface area contributed by atoms with Gasteiger partial charge < -0.3 is 4.90 Å². The molecule has 0 radical (unpaired) electrons. The minimum Gasteiger partial charge on any atom is -0.316 e. The number of halogens is 3. The fourth-order valence-electron chi connectivity index (χ4n) is 2.80. The molecule has 0 aromatic heterocycles. The summed E-state index contributed by atoms with van der Waals surface area (Å²) in [5.74, 6) is -0.721. The molecule has 2 rings (SSSR count). The van der Waals surface area contributed by atoms with Gasteiger partial charge in [0.1, 0.15) is 10.9 Å². The van der Waals surface area contributed by atoms with Crippen molar-refractivity contribution < 1.29 is 26.4 Å². The smallest absolute Gasteiger partial charge is 0.316 e. The number of nitrogens with two attached hydrogens (primary N) is 1. The van der Waals surface area contributed by atoms with E-state index in [0.717, 1.165) is 21.9 Å². The number of benzene rings is 1. The van der Waals surface area contributed by atoms with Crippen LogP contribution in [0.5, 0.6) is 0 Å². The van der Waals surface area contributed by atoms with E-state index >= 15 is 0 Å². The first-order valence-electron chi connectivity index (χ1n) is 7.45. The summed E-state index contributed by atoms with van der Waals surface area (Å²) in [5, 5.41) is 12.3. The number of carbonyl (C=O) groups is 1. The lowest BCUT2D eigenvalue weighted by atomic mass is 10.0. The Morgan fingerprint density at radius 2 is 1.89 bits per heavy atom. The quantitative estimate of drug-likeness (QED) is 0.749. The number of carbonyl (C=O) groups excluding carboxylic acids is 1. The maximum absolute atomic E-state index is 13.2. The second-order valence-electron chi connectivity index (χ2n) is 6.38. The van der Waals surface area contributed by atoms with Crippen LogP contribution in [0.4, 0.5) is 18.9 Å². The standard InChI is InChI=1S/C15H15F3N4O3S2/c1-8(27(20,24)25)22-13(26)21(12(23)14(22,2)3)10-5-4-9(7-19)11(6-10)15(16,17)18/h4-6,8H,1-3H3,(H2,20,24,25). The van der Waals surface area contributed by atoms with Crippen LogP contribution in [0, 0.1) is 11.3 Å². The van der Waals surface area contributed by atoms with E-state index in [4.69, 9.17) is 22.6 Å². The van der Waals surface area contributed by atoms with Gasteiger partial charge in [-0.15, -0.1) is 0 Å². The SMILES string of the molecule is CC(N1C(=S)N(c2ccc(C#N)c(C(F)(F)F)c2)C(=O)C1(C)C)S(N)(=O)=O. The van der Waals surface area contributed by atoms with Gasteiger partial charge in [-0.3, -0.25) is 9.69 Å². The average molecular weight is 420 g/mol. The van der Waals surface area contributed by atoms with Gasteiger partial charge in [0, 0.05) is 0 Å². The van der Waals surface area contributed by atoms with E-state index in [2.05, 4.69) is 0 Å². The lowest BCUT2D eigenvalue weighted by molar-refractivity contribution is -0.137. The largest absolute Gasteiger partial charge is 0.417 e. The van der Waals surface area contributed by atoms with Crippen molar-refractivity contribution in [3.05, 3.63) is 29.3 Å². The van der Waals surface area contributed by atoms with Gasteiger partial charge in [0.15, 0.2) is 5.11 Å². The summed E-state index contributed by atoms with van der Waals surface area (Å²) in [5.41, 5.74) is -3.53. The summed E-state index contributed by atoms with van der Waals surface area (Å²) in [4.78, 5) is 14.7. The molecule has 27 heavy (non-hydrogen) atoms. The summed E-state index contributed by atoms with van der Waals surface area (Å²) in [6.07, 6.45) is -4.82. The first-order chi connectivity index (χ1) is 12.1. The minimum atomic E-state index is -4.82. The van der Waals surface area contributed by atoms with Crippen LogP contribution in [0.1, 0.15) is 31.9 Å². The fraction of sp³-hybridized carbons (Fsp3) is 0.400. The number of hydrogen-bond donors (Lipinski definition) is 1. The topological polar surface area (TPSA) is 108 Å². The van der Waals surface area contributed by atoms with Gasteiger partial charge in [-0.1, -0.05) is 0 Å². The third-order valence-corrected chi connectivity index (χ3v) is 5.79. The Bertz CT molecular complexity index is 967. The average Bonchev–Trinajstić information content (AvgIpc) is 2.69. The van der Waals surface area contributed by atoms with E-state index in [1.807, 2.05) is 0 Å². The summed E-state index contributed by atoms with van der Waals surface area (Å²) >= 11 is 5.18. The molecule has 0 aliphatic carbocycles. The molecular formula is C15H15F3N4O3S2. The lowest BCUT2D eigenvalue weighted by Crippen LogP contribution is -2.53. The van der Waals surface area contributed by atoms with Crippen LogP contribution in [-0.2, 0) is 21.0 Å². The summed E-state index contributed by atoms with van der Waals surface area (Å²) in [7, 11) is -4.12. The predicted octanol–water partition coefficient (Wildman–Crippen LogP) is 1.92. The molecule has 2 N–H and O–H groups in total. The van der Waals surface area contributed by atoms with Crippen molar-refractivity contribution in [3.63, 3.8) is 0 Å². The molecule has 1 amide bonds. The molecule has 1 aromatic carbocycles. The monoisotopic (exact) mass is 420 g/mol. The molecular weight excluding hydrogens is 405 g/mol. The Hall–Kier alpha value is -2.23. The lowest BCUT2D eigenvalue weighted by Gasteiger charge is -2.33. The zero-order chi connectivity index (χ0) is 20.9. The highest BCUT2D eigenvalue weighted by Gasteiger charge is 2.53. The summed E-state index contributed by atoms with van der Waals surface area (Å²) in [6.45, 7) is 4.00. The predicted molar refractivity (Wildman–Crippen MR) is 94.7 cm³/mol. The molecule has 1 heterocycles. The molecule has 146 valence electrons. The maximum atomic E-state index is 13.2. The van der Waals surface area contributed by atoms with Crippen molar-refractivity contribution in [1.82, 2.24) is 4.90 Å². The zero-order valence-electron chi connectivity index (χ0n) is 14.4. The van der Waals surface area contributed by atoms with E-state index in [0.29, 0.717) is 6.07 Å². The second kappa shape index (κ2) is 6.43. The summed E-state index contributed by atoms with van der Waals surface area (Å²) < 4.78 is 63.1. The Morgan fingerprint density at radius 3 is 2.33 bits per heavy atom. The molecule has 1 fully saturated rings. The van der Waals surface area contributed by atoms with Crippen molar-refractivity contribution in [2.24, 2.45) is 5.14 Å². The molecule has 1 aliphatic heterocycles. The number of nitrogens with zero attached hydrogens (tertiary/aromatic N) is 3. The first-order valence-corrected chi connectivity index (χ1v) is 9.46. The van der Waals surface area contributed by atoms with Crippen LogP contribution in [0.2, 0.25) is 0 Å². The molecule has 1 aromatic rings. The van der Waals surface area contributed by atoms with E-state index in [-0.39, 0.29) is 10.8 Å². The van der Waals surface area contributed by atoms with Gasteiger partial charge in [-0.2, -0.15) is 18.4 Å². The maximum Gasteiger partial charge on any atom is 0.417 e. The van der Waals surface area contributed by atoms with Crippen molar-refractivity contribution in [2.75, 3.05) is 4.90 Å². The molecule has 1 atom stereocenters. The third-order valence-electron chi connectivity index (χ3n) is 4.25. The van der Waals surface area contributed by atoms with Crippen molar-refractivity contribution in [2.45, 2.75) is 37.9 Å². The number of amides is 1. The van der Waals surface area contributed by atoms with Gasteiger partial charge in [-0.05, 0) is 51.2 Å². The van der Waals surface area contributed by atoms with Crippen LogP contribution in [-0.4, -0.2) is 35.3 Å². The van der Waals surface area contributed by atoms with Gasteiger partial charge in [-0.25, -0.2) is 13.6 Å². The normalized spacial score (nSPS) is 18.6. The van der Waals surface area contributed by atoms with E-state index < -0.39 is 44.1 Å². The molecule has 7 nitrogen and oxygen atoms in total. The van der Waals surface area contributed by atoms with Crippen molar-refractivity contribution in [1.29, 1.82) is 5.26 Å². The zero-order valence-corrected chi connectivity index (χ0v) is 16.0. The molecule has 1 saturated heterocycles. The van der Waals surface area contributed by atoms with E-state index in [9.17, 15) is 26.4 Å². The van der Waals surface area contributed by atoms with Crippen LogP contribution in [0.3, 0.4) is 0 Å².